The minimum Gasteiger partial charge on any atom is -0.441 e. The summed E-state index contributed by atoms with van der Waals surface area (Å²) in [7, 11) is 0. The Morgan fingerprint density at radius 2 is 1.90 bits per heavy atom. The molecule has 2 N–H and O–H groups in total. The van der Waals surface area contributed by atoms with Crippen LogP contribution >= 0.6 is 0 Å². The van der Waals surface area contributed by atoms with Crippen LogP contribution in [0, 0.1) is 5.82 Å². The molecule has 30 heavy (non-hydrogen) atoms. The molecule has 2 aromatic rings. The number of nitrogens with zero attached hydrogens (tertiary/aromatic N) is 1. The zero-order chi connectivity index (χ0) is 20.7. The number of halogens is 1. The number of hydrogen-bond acceptors (Lipinski definition) is 4. The molecule has 3 aliphatic rings. The Kier molecular flexibility index (Phi) is 4.70. The smallest absolute Gasteiger partial charge is 0.407 e. The van der Waals surface area contributed by atoms with Crippen LogP contribution in [0.4, 0.5) is 9.18 Å². The van der Waals surface area contributed by atoms with Crippen molar-refractivity contribution in [1.82, 2.24) is 15.5 Å². The van der Waals surface area contributed by atoms with Crippen LogP contribution in [0.15, 0.2) is 36.4 Å². The van der Waals surface area contributed by atoms with Gasteiger partial charge in [-0.15, -0.1) is 0 Å². The molecular weight excluding hydrogens is 385 g/mol. The number of benzene rings is 2. The molecular formula is C23H24FN3O3. The summed E-state index contributed by atoms with van der Waals surface area (Å²) in [4.78, 5) is 26.2. The molecule has 2 amide bonds. The number of likely N-dealkylation sites (tertiary alicyclic amines) is 1. The van der Waals surface area contributed by atoms with E-state index < -0.39 is 17.5 Å². The largest absolute Gasteiger partial charge is 0.441 e. The summed E-state index contributed by atoms with van der Waals surface area (Å²) in [5.74, 6) is -0.614. The molecule has 2 fully saturated rings. The second kappa shape index (κ2) is 7.40. The molecule has 156 valence electrons. The molecule has 3 heterocycles. The molecule has 0 radical (unpaired) electrons. The summed E-state index contributed by atoms with van der Waals surface area (Å²) >= 11 is 0. The van der Waals surface area contributed by atoms with E-state index in [9.17, 15) is 14.0 Å². The van der Waals surface area contributed by atoms with Gasteiger partial charge in [-0.05, 0) is 59.5 Å². The maximum atomic E-state index is 14.4. The predicted octanol–water partition coefficient (Wildman–Crippen LogP) is 2.85. The number of piperidine rings is 1. The van der Waals surface area contributed by atoms with E-state index in [4.69, 9.17) is 4.74 Å². The molecule has 0 aromatic heterocycles. The van der Waals surface area contributed by atoms with Gasteiger partial charge in [0, 0.05) is 38.0 Å². The third-order valence-electron chi connectivity index (χ3n) is 6.40. The van der Waals surface area contributed by atoms with Crippen molar-refractivity contribution < 1.29 is 18.7 Å². The SMILES string of the molecule is O=C1NCC2(CCN(C(=O)c3cc(F)cc(-c4ccc5c(c4)CNCC5)c3)CC2)O1. The molecule has 0 aliphatic carbocycles. The minimum atomic E-state index is -0.516. The van der Waals surface area contributed by atoms with E-state index in [0.717, 1.165) is 25.1 Å². The number of fused-ring (bicyclic) bond motifs is 1. The van der Waals surface area contributed by atoms with Gasteiger partial charge < -0.3 is 20.3 Å². The topological polar surface area (TPSA) is 70.7 Å². The fraction of sp³-hybridized carbons (Fsp3) is 0.391. The molecule has 6 nitrogen and oxygen atoms in total. The maximum absolute atomic E-state index is 14.4. The van der Waals surface area contributed by atoms with Crippen LogP contribution in [0.5, 0.6) is 0 Å². The first-order chi connectivity index (χ1) is 14.5. The summed E-state index contributed by atoms with van der Waals surface area (Å²) < 4.78 is 19.8. The van der Waals surface area contributed by atoms with E-state index in [2.05, 4.69) is 22.8 Å². The van der Waals surface area contributed by atoms with Gasteiger partial charge >= 0.3 is 6.09 Å². The zero-order valence-corrected chi connectivity index (χ0v) is 16.7. The van der Waals surface area contributed by atoms with Gasteiger partial charge in [0.05, 0.1) is 6.54 Å². The number of amides is 2. The number of ether oxygens (including phenoxy) is 1. The number of hydrogen-bond donors (Lipinski definition) is 2. The summed E-state index contributed by atoms with van der Waals surface area (Å²) in [6, 6.07) is 10.7. The molecule has 0 unspecified atom stereocenters. The van der Waals surface area contributed by atoms with Gasteiger partial charge in [-0.25, -0.2) is 9.18 Å². The second-order valence-electron chi connectivity index (χ2n) is 8.36. The lowest BCUT2D eigenvalue weighted by Crippen LogP contribution is -2.48. The van der Waals surface area contributed by atoms with Crippen LogP contribution in [0.1, 0.15) is 34.3 Å². The quantitative estimate of drug-likeness (QED) is 0.800. The number of alkyl carbamates (subject to hydrolysis) is 1. The fourth-order valence-corrected chi connectivity index (χ4v) is 4.62. The first kappa shape index (κ1) is 19.1. The van der Waals surface area contributed by atoms with Gasteiger partial charge in [0.25, 0.3) is 5.91 Å². The van der Waals surface area contributed by atoms with E-state index in [1.807, 2.05) is 6.07 Å². The molecule has 7 heteroatoms. The highest BCUT2D eigenvalue weighted by atomic mass is 19.1. The third kappa shape index (κ3) is 3.54. The fourth-order valence-electron chi connectivity index (χ4n) is 4.62. The van der Waals surface area contributed by atoms with Crippen molar-refractivity contribution in [2.75, 3.05) is 26.2 Å². The highest BCUT2D eigenvalue weighted by molar-refractivity contribution is 5.95. The van der Waals surface area contributed by atoms with Crippen LogP contribution in [-0.4, -0.2) is 48.7 Å². The standard InChI is InChI=1S/C23H24FN3O3/c24-20-11-17(16-2-1-15-3-6-25-13-19(15)9-16)10-18(12-20)21(28)27-7-4-23(5-8-27)14-26-22(29)30-23/h1-2,9-12,25H,3-8,13-14H2,(H,26,29). The van der Waals surface area contributed by atoms with Gasteiger partial charge in [0.2, 0.25) is 0 Å². The average molecular weight is 409 g/mol. The molecule has 2 aromatic carbocycles. The number of carbonyl (C=O) groups excluding carboxylic acids is 2. The Balaban J connectivity index is 1.36. The first-order valence-electron chi connectivity index (χ1n) is 10.4. The van der Waals surface area contributed by atoms with E-state index in [1.54, 1.807) is 11.0 Å². The van der Waals surface area contributed by atoms with Crippen molar-refractivity contribution in [2.24, 2.45) is 0 Å². The highest BCUT2D eigenvalue weighted by Gasteiger charge is 2.43. The highest BCUT2D eigenvalue weighted by Crippen LogP contribution is 2.31. The Morgan fingerprint density at radius 3 is 2.67 bits per heavy atom. The Bertz CT molecular complexity index is 1010. The van der Waals surface area contributed by atoms with Crippen LogP contribution in [0.3, 0.4) is 0 Å². The molecule has 1 spiro atoms. The van der Waals surface area contributed by atoms with E-state index >= 15 is 0 Å². The van der Waals surface area contributed by atoms with Crippen molar-refractivity contribution in [2.45, 2.75) is 31.4 Å². The summed E-state index contributed by atoms with van der Waals surface area (Å²) in [6.45, 7) is 3.20. The lowest BCUT2D eigenvalue weighted by atomic mass is 9.91. The third-order valence-corrected chi connectivity index (χ3v) is 6.40. The molecule has 3 aliphatic heterocycles. The molecule has 0 bridgehead atoms. The van der Waals surface area contributed by atoms with Crippen molar-refractivity contribution >= 4 is 12.0 Å². The van der Waals surface area contributed by atoms with Crippen molar-refractivity contribution in [1.29, 1.82) is 0 Å². The average Bonchev–Trinajstić information content (AvgIpc) is 3.13. The van der Waals surface area contributed by atoms with Gasteiger partial charge in [-0.3, -0.25) is 4.79 Å². The lowest BCUT2D eigenvalue weighted by molar-refractivity contribution is 0.00329. The first-order valence-corrected chi connectivity index (χ1v) is 10.4. The number of carbonyl (C=O) groups is 2. The van der Waals surface area contributed by atoms with Crippen LogP contribution in [0.2, 0.25) is 0 Å². The van der Waals surface area contributed by atoms with Gasteiger partial charge in [0.15, 0.2) is 0 Å². The molecule has 5 rings (SSSR count). The van der Waals surface area contributed by atoms with E-state index in [0.29, 0.717) is 43.6 Å². The zero-order valence-electron chi connectivity index (χ0n) is 16.7. The lowest BCUT2D eigenvalue weighted by Gasteiger charge is -2.37. The van der Waals surface area contributed by atoms with Crippen molar-refractivity contribution in [3.63, 3.8) is 0 Å². The van der Waals surface area contributed by atoms with Crippen LogP contribution in [0.25, 0.3) is 11.1 Å². The Hall–Kier alpha value is -2.93. The number of rotatable bonds is 2. The molecule has 2 saturated heterocycles. The predicted molar refractivity (Wildman–Crippen MR) is 110 cm³/mol. The minimum absolute atomic E-state index is 0.192. The van der Waals surface area contributed by atoms with E-state index in [-0.39, 0.29) is 5.91 Å². The second-order valence-corrected chi connectivity index (χ2v) is 8.36. The Labute approximate surface area is 174 Å². The summed E-state index contributed by atoms with van der Waals surface area (Å²) in [6.07, 6.45) is 1.75. The van der Waals surface area contributed by atoms with Crippen molar-refractivity contribution in [3.05, 3.63) is 58.9 Å². The normalized spacial score (nSPS) is 19.9. The van der Waals surface area contributed by atoms with Crippen LogP contribution in [-0.2, 0) is 17.7 Å². The van der Waals surface area contributed by atoms with Gasteiger partial charge in [-0.1, -0.05) is 12.1 Å². The Morgan fingerprint density at radius 1 is 1.07 bits per heavy atom. The van der Waals surface area contributed by atoms with Gasteiger partial charge in [0.1, 0.15) is 11.4 Å². The van der Waals surface area contributed by atoms with Crippen molar-refractivity contribution in [3.8, 4) is 11.1 Å². The number of nitrogens with one attached hydrogen (secondary N) is 2. The monoisotopic (exact) mass is 409 g/mol. The van der Waals surface area contributed by atoms with E-state index in [1.165, 1.54) is 23.3 Å². The summed E-state index contributed by atoms with van der Waals surface area (Å²) in [5, 5.41) is 6.05. The molecule has 0 atom stereocenters. The van der Waals surface area contributed by atoms with Gasteiger partial charge in [-0.2, -0.15) is 0 Å². The maximum Gasteiger partial charge on any atom is 0.407 e. The molecule has 0 saturated carbocycles. The van der Waals surface area contributed by atoms with Crippen LogP contribution < -0.4 is 10.6 Å². The summed E-state index contributed by atoms with van der Waals surface area (Å²) in [5.41, 5.74) is 3.98.